The van der Waals surface area contributed by atoms with Gasteiger partial charge in [0.25, 0.3) is 0 Å². The van der Waals surface area contributed by atoms with Crippen LogP contribution in [0, 0.1) is 6.92 Å². The van der Waals surface area contributed by atoms with Gasteiger partial charge in [-0.25, -0.2) is 15.0 Å². The molecule has 0 bridgehead atoms. The Labute approximate surface area is 162 Å². The van der Waals surface area contributed by atoms with Crippen molar-refractivity contribution in [2.24, 2.45) is 0 Å². The Kier molecular flexibility index (Phi) is 5.26. The van der Waals surface area contributed by atoms with Crippen molar-refractivity contribution in [1.82, 2.24) is 19.9 Å². The van der Waals surface area contributed by atoms with Crippen LogP contribution in [0.3, 0.4) is 0 Å². The molecule has 3 heterocycles. The number of anilines is 2. The average Bonchev–Trinajstić information content (AvgIpc) is 3.11. The number of carbonyl (C=O) groups is 1. The van der Waals surface area contributed by atoms with Gasteiger partial charge in [-0.2, -0.15) is 0 Å². The first kappa shape index (κ1) is 17.8. The summed E-state index contributed by atoms with van der Waals surface area (Å²) in [7, 11) is 0. The number of aromatic nitrogens is 3. The van der Waals surface area contributed by atoms with Crippen LogP contribution >= 0.6 is 11.3 Å². The van der Waals surface area contributed by atoms with Crippen molar-refractivity contribution in [3.63, 3.8) is 0 Å². The number of thiazole rings is 1. The predicted molar refractivity (Wildman–Crippen MR) is 108 cm³/mol. The average molecular weight is 382 g/mol. The number of fused-ring (bicyclic) bond motifs is 1. The molecule has 0 spiro atoms. The summed E-state index contributed by atoms with van der Waals surface area (Å²) in [6.45, 7) is 6.36. The van der Waals surface area contributed by atoms with Gasteiger partial charge in [-0.05, 0) is 24.6 Å². The summed E-state index contributed by atoms with van der Waals surface area (Å²) >= 11 is 1.52. The molecule has 0 unspecified atom stereocenters. The highest BCUT2D eigenvalue weighted by atomic mass is 32.1. The van der Waals surface area contributed by atoms with E-state index in [1.54, 1.807) is 12.4 Å². The Morgan fingerprint density at radius 1 is 1.15 bits per heavy atom. The van der Waals surface area contributed by atoms with Crippen molar-refractivity contribution in [2.45, 2.75) is 13.3 Å². The highest BCUT2D eigenvalue weighted by Crippen LogP contribution is 2.27. The lowest BCUT2D eigenvalue weighted by molar-refractivity contribution is -0.116. The minimum absolute atomic E-state index is 0.0144. The molecule has 4 rings (SSSR count). The number of hydrogen-bond donors (Lipinski definition) is 1. The minimum Gasteiger partial charge on any atom is -0.338 e. The van der Waals surface area contributed by atoms with Gasteiger partial charge in [0.05, 0.1) is 10.2 Å². The van der Waals surface area contributed by atoms with Gasteiger partial charge in [0.15, 0.2) is 5.13 Å². The third-order valence-electron chi connectivity index (χ3n) is 4.73. The van der Waals surface area contributed by atoms with E-state index in [2.05, 4.69) is 30.1 Å². The maximum Gasteiger partial charge on any atom is 0.227 e. The lowest BCUT2D eigenvalue weighted by Crippen LogP contribution is -2.47. The third-order valence-corrected chi connectivity index (χ3v) is 5.67. The van der Waals surface area contributed by atoms with E-state index in [0.29, 0.717) is 11.6 Å². The zero-order valence-corrected chi connectivity index (χ0v) is 16.1. The van der Waals surface area contributed by atoms with Gasteiger partial charge in [0.1, 0.15) is 0 Å². The second-order valence-electron chi connectivity index (χ2n) is 6.62. The number of para-hydroxylation sites is 1. The molecule has 1 saturated heterocycles. The summed E-state index contributed by atoms with van der Waals surface area (Å²) in [5.74, 6) is 0.793. The van der Waals surface area contributed by atoms with E-state index in [9.17, 15) is 4.79 Å². The van der Waals surface area contributed by atoms with Gasteiger partial charge >= 0.3 is 0 Å². The van der Waals surface area contributed by atoms with E-state index in [0.717, 1.165) is 54.5 Å². The van der Waals surface area contributed by atoms with Crippen LogP contribution in [0.4, 0.5) is 11.1 Å². The predicted octanol–water partition coefficient (Wildman–Crippen LogP) is 2.55. The van der Waals surface area contributed by atoms with Crippen LogP contribution < -0.4 is 10.2 Å². The highest BCUT2D eigenvalue weighted by molar-refractivity contribution is 7.22. The molecule has 140 valence electrons. The van der Waals surface area contributed by atoms with Gasteiger partial charge in [-0.15, -0.1) is 0 Å². The van der Waals surface area contributed by atoms with Gasteiger partial charge in [0, 0.05) is 51.5 Å². The summed E-state index contributed by atoms with van der Waals surface area (Å²) in [6.07, 6.45) is 4.00. The first-order valence-corrected chi connectivity index (χ1v) is 9.91. The number of benzene rings is 1. The number of rotatable bonds is 5. The molecule has 1 N–H and O–H groups in total. The SMILES string of the molecule is Cc1cccc2sc(NC(=O)CCN3CCN(c4ncccn4)CC3)nc12. The first-order valence-electron chi connectivity index (χ1n) is 9.09. The maximum absolute atomic E-state index is 12.3. The standard InChI is InChI=1S/C19H22N6OS/c1-14-4-2-5-15-17(14)23-19(27-15)22-16(26)6-9-24-10-12-25(13-11-24)18-20-7-3-8-21-18/h2-5,7-8H,6,9-13H2,1H3,(H,22,23,26). The fraction of sp³-hybridized carbons (Fsp3) is 0.368. The molecule has 1 fully saturated rings. The third kappa shape index (κ3) is 4.23. The molecule has 7 nitrogen and oxygen atoms in total. The van der Waals surface area contributed by atoms with Crippen LogP contribution in [-0.4, -0.2) is 58.5 Å². The van der Waals surface area contributed by atoms with Crippen molar-refractivity contribution in [3.05, 3.63) is 42.2 Å². The second-order valence-corrected chi connectivity index (χ2v) is 7.65. The van der Waals surface area contributed by atoms with Crippen LogP contribution in [0.2, 0.25) is 0 Å². The monoisotopic (exact) mass is 382 g/mol. The number of piperazine rings is 1. The lowest BCUT2D eigenvalue weighted by Gasteiger charge is -2.34. The van der Waals surface area contributed by atoms with E-state index < -0.39 is 0 Å². The van der Waals surface area contributed by atoms with Crippen molar-refractivity contribution < 1.29 is 4.79 Å². The van der Waals surface area contributed by atoms with Crippen molar-refractivity contribution in [1.29, 1.82) is 0 Å². The molecule has 1 aromatic carbocycles. The first-order chi connectivity index (χ1) is 13.2. The molecular formula is C19H22N6OS. The quantitative estimate of drug-likeness (QED) is 0.731. The molecule has 0 atom stereocenters. The van der Waals surface area contributed by atoms with Crippen LogP contribution in [0.5, 0.6) is 0 Å². The number of nitrogens with one attached hydrogen (secondary N) is 1. The topological polar surface area (TPSA) is 74.2 Å². The van der Waals surface area contributed by atoms with E-state index in [-0.39, 0.29) is 5.91 Å². The summed E-state index contributed by atoms with van der Waals surface area (Å²) < 4.78 is 1.10. The maximum atomic E-state index is 12.3. The summed E-state index contributed by atoms with van der Waals surface area (Å²) in [4.78, 5) is 29.9. The zero-order chi connectivity index (χ0) is 18.6. The molecule has 8 heteroatoms. The van der Waals surface area contributed by atoms with Crippen molar-refractivity contribution in [3.8, 4) is 0 Å². The van der Waals surface area contributed by atoms with E-state index in [1.165, 1.54) is 11.3 Å². The Bertz CT molecular complexity index is 920. The molecule has 0 saturated carbocycles. The number of amides is 1. The second kappa shape index (κ2) is 7.98. The van der Waals surface area contributed by atoms with Crippen molar-refractivity contribution >= 4 is 38.5 Å². The Morgan fingerprint density at radius 3 is 2.67 bits per heavy atom. The number of hydrogen-bond acceptors (Lipinski definition) is 7. The number of carbonyl (C=O) groups excluding carboxylic acids is 1. The highest BCUT2D eigenvalue weighted by Gasteiger charge is 2.19. The molecule has 2 aromatic heterocycles. The Morgan fingerprint density at radius 2 is 1.93 bits per heavy atom. The molecular weight excluding hydrogens is 360 g/mol. The normalized spacial score (nSPS) is 15.2. The summed E-state index contributed by atoms with van der Waals surface area (Å²) in [5.41, 5.74) is 2.10. The van der Waals surface area contributed by atoms with Crippen LogP contribution in [-0.2, 0) is 4.79 Å². The zero-order valence-electron chi connectivity index (χ0n) is 15.3. The van der Waals surface area contributed by atoms with E-state index >= 15 is 0 Å². The van der Waals surface area contributed by atoms with Crippen LogP contribution in [0.25, 0.3) is 10.2 Å². The molecule has 1 amide bonds. The Balaban J connectivity index is 1.25. The van der Waals surface area contributed by atoms with Gasteiger partial charge < -0.3 is 10.2 Å². The minimum atomic E-state index is 0.0144. The number of aryl methyl sites for hydroxylation is 1. The molecule has 3 aromatic rings. The summed E-state index contributed by atoms with van der Waals surface area (Å²) in [5, 5.41) is 3.62. The molecule has 0 aliphatic carbocycles. The van der Waals surface area contributed by atoms with E-state index in [1.807, 2.05) is 31.2 Å². The Hall–Kier alpha value is -2.58. The van der Waals surface area contributed by atoms with Gasteiger partial charge in [-0.1, -0.05) is 23.5 Å². The van der Waals surface area contributed by atoms with Crippen LogP contribution in [0.15, 0.2) is 36.7 Å². The number of nitrogens with zero attached hydrogens (tertiary/aromatic N) is 5. The van der Waals surface area contributed by atoms with E-state index in [4.69, 9.17) is 0 Å². The van der Waals surface area contributed by atoms with Gasteiger partial charge in [-0.3, -0.25) is 9.69 Å². The molecule has 1 aliphatic rings. The van der Waals surface area contributed by atoms with Crippen LogP contribution in [0.1, 0.15) is 12.0 Å². The van der Waals surface area contributed by atoms with Gasteiger partial charge in [0.2, 0.25) is 11.9 Å². The van der Waals surface area contributed by atoms with Crippen molar-refractivity contribution in [2.75, 3.05) is 42.9 Å². The molecule has 1 aliphatic heterocycles. The fourth-order valence-corrected chi connectivity index (χ4v) is 4.17. The summed E-state index contributed by atoms with van der Waals surface area (Å²) in [6, 6.07) is 7.91. The largest absolute Gasteiger partial charge is 0.338 e. The molecule has 27 heavy (non-hydrogen) atoms. The smallest absolute Gasteiger partial charge is 0.227 e. The lowest BCUT2D eigenvalue weighted by atomic mass is 10.2. The molecule has 0 radical (unpaired) electrons. The fourth-order valence-electron chi connectivity index (χ4n) is 3.21.